The highest BCUT2D eigenvalue weighted by Gasteiger charge is 2.08. The molecule has 0 atom stereocenters. The monoisotopic (exact) mass is 301 g/mol. The van der Waals surface area contributed by atoms with Crippen molar-refractivity contribution in [3.05, 3.63) is 64.2 Å². The van der Waals surface area contributed by atoms with Gasteiger partial charge < -0.3 is 9.47 Å². The lowest BCUT2D eigenvalue weighted by molar-refractivity contribution is -0.384. The Morgan fingerprint density at radius 1 is 1.05 bits per heavy atom. The Balaban J connectivity index is 1.85. The second kappa shape index (κ2) is 7.21. The van der Waals surface area contributed by atoms with Gasteiger partial charge in [-0.1, -0.05) is 12.1 Å². The van der Waals surface area contributed by atoms with E-state index in [0.29, 0.717) is 12.2 Å². The van der Waals surface area contributed by atoms with E-state index in [1.807, 2.05) is 24.3 Å². The van der Waals surface area contributed by atoms with E-state index in [4.69, 9.17) is 9.47 Å². The highest BCUT2D eigenvalue weighted by Crippen LogP contribution is 2.18. The molecule has 6 heteroatoms. The van der Waals surface area contributed by atoms with E-state index < -0.39 is 4.92 Å². The zero-order valence-electron chi connectivity index (χ0n) is 12.0. The van der Waals surface area contributed by atoms with E-state index >= 15 is 0 Å². The molecule has 0 amide bonds. The molecular weight excluding hydrogens is 286 g/mol. The topological polar surface area (TPSA) is 78.7 Å². The SMILES string of the molecule is COc1ccc(CCC(=O)Oc2ccc([N+](=O)[O-])cc2)cc1. The van der Waals surface area contributed by atoms with Gasteiger partial charge >= 0.3 is 5.97 Å². The molecule has 6 nitrogen and oxygen atoms in total. The van der Waals surface area contributed by atoms with Gasteiger partial charge in [0, 0.05) is 18.6 Å². The summed E-state index contributed by atoms with van der Waals surface area (Å²) in [5.74, 6) is 0.673. The van der Waals surface area contributed by atoms with Crippen LogP contribution < -0.4 is 9.47 Å². The lowest BCUT2D eigenvalue weighted by Gasteiger charge is -2.05. The van der Waals surface area contributed by atoms with Crippen molar-refractivity contribution in [3.63, 3.8) is 0 Å². The quantitative estimate of drug-likeness (QED) is 0.354. The van der Waals surface area contributed by atoms with Gasteiger partial charge in [-0.05, 0) is 36.2 Å². The summed E-state index contributed by atoms with van der Waals surface area (Å²) in [6, 6.07) is 12.8. The molecule has 0 aliphatic rings. The number of rotatable bonds is 6. The van der Waals surface area contributed by atoms with Crippen molar-refractivity contribution >= 4 is 11.7 Å². The first-order valence-electron chi connectivity index (χ1n) is 6.66. The minimum absolute atomic E-state index is 0.0435. The maximum absolute atomic E-state index is 11.7. The van der Waals surface area contributed by atoms with Crippen LogP contribution in [0, 0.1) is 10.1 Å². The molecular formula is C16H15NO5. The molecule has 0 aromatic heterocycles. The number of nitro groups is 1. The lowest BCUT2D eigenvalue weighted by Crippen LogP contribution is -2.09. The molecule has 2 aromatic rings. The van der Waals surface area contributed by atoms with Gasteiger partial charge in [0.05, 0.1) is 12.0 Å². The number of nitro benzene ring substituents is 1. The van der Waals surface area contributed by atoms with E-state index in [1.54, 1.807) is 7.11 Å². The Morgan fingerprint density at radius 2 is 1.64 bits per heavy atom. The number of carbonyl (C=O) groups excluding carboxylic acids is 1. The first-order valence-corrected chi connectivity index (χ1v) is 6.66. The normalized spacial score (nSPS) is 10.0. The Kier molecular flexibility index (Phi) is 5.08. The van der Waals surface area contributed by atoms with Crippen molar-refractivity contribution in [2.75, 3.05) is 7.11 Å². The van der Waals surface area contributed by atoms with E-state index in [2.05, 4.69) is 0 Å². The smallest absolute Gasteiger partial charge is 0.311 e. The highest BCUT2D eigenvalue weighted by molar-refractivity contribution is 5.72. The summed E-state index contributed by atoms with van der Waals surface area (Å²) in [6.07, 6.45) is 0.777. The van der Waals surface area contributed by atoms with Crippen LogP contribution in [-0.2, 0) is 11.2 Å². The van der Waals surface area contributed by atoms with Crippen LogP contribution >= 0.6 is 0 Å². The van der Waals surface area contributed by atoms with E-state index in [9.17, 15) is 14.9 Å². The number of esters is 1. The molecule has 114 valence electrons. The van der Waals surface area contributed by atoms with Gasteiger partial charge in [0.15, 0.2) is 0 Å². The van der Waals surface area contributed by atoms with Gasteiger partial charge in [0.2, 0.25) is 0 Å². The number of methoxy groups -OCH3 is 1. The maximum Gasteiger partial charge on any atom is 0.311 e. The zero-order valence-corrected chi connectivity index (χ0v) is 12.0. The van der Waals surface area contributed by atoms with Crippen LogP contribution in [0.2, 0.25) is 0 Å². The van der Waals surface area contributed by atoms with Gasteiger partial charge in [0.25, 0.3) is 5.69 Å². The van der Waals surface area contributed by atoms with Crippen molar-refractivity contribution in [2.24, 2.45) is 0 Å². The standard InChI is InChI=1S/C16H15NO5/c1-21-14-7-2-12(3-8-14)4-11-16(18)22-15-9-5-13(6-10-15)17(19)20/h2-3,5-10H,4,11H2,1H3. The third-order valence-electron chi connectivity index (χ3n) is 3.06. The van der Waals surface area contributed by atoms with Crippen molar-refractivity contribution < 1.29 is 19.2 Å². The zero-order chi connectivity index (χ0) is 15.9. The number of hydrogen-bond acceptors (Lipinski definition) is 5. The fourth-order valence-electron chi connectivity index (χ4n) is 1.86. The van der Waals surface area contributed by atoms with Gasteiger partial charge in [-0.2, -0.15) is 0 Å². The Morgan fingerprint density at radius 3 is 2.18 bits per heavy atom. The second-order valence-corrected chi connectivity index (χ2v) is 4.57. The third-order valence-corrected chi connectivity index (χ3v) is 3.06. The first-order chi connectivity index (χ1) is 10.6. The number of benzene rings is 2. The summed E-state index contributed by atoms with van der Waals surface area (Å²) in [5, 5.41) is 10.5. The first kappa shape index (κ1) is 15.5. The molecule has 0 bridgehead atoms. The fraction of sp³-hybridized carbons (Fsp3) is 0.188. The van der Waals surface area contributed by atoms with Crippen LogP contribution in [-0.4, -0.2) is 18.0 Å². The Labute approximate surface area is 127 Å². The van der Waals surface area contributed by atoms with Crippen molar-refractivity contribution in [3.8, 4) is 11.5 Å². The number of non-ortho nitro benzene ring substituents is 1. The third kappa shape index (κ3) is 4.31. The van der Waals surface area contributed by atoms with Crippen LogP contribution in [0.4, 0.5) is 5.69 Å². The molecule has 0 saturated heterocycles. The molecule has 0 aliphatic carbocycles. The summed E-state index contributed by atoms with van der Waals surface area (Å²) in [6.45, 7) is 0. The molecule has 0 N–H and O–H groups in total. The Hall–Kier alpha value is -2.89. The fourth-order valence-corrected chi connectivity index (χ4v) is 1.86. The number of hydrogen-bond donors (Lipinski definition) is 0. The number of nitrogens with zero attached hydrogens (tertiary/aromatic N) is 1. The minimum Gasteiger partial charge on any atom is -0.497 e. The van der Waals surface area contributed by atoms with Crippen LogP contribution in [0.3, 0.4) is 0 Å². The average molecular weight is 301 g/mol. The lowest BCUT2D eigenvalue weighted by atomic mass is 10.1. The van der Waals surface area contributed by atoms with Crippen LogP contribution in [0.25, 0.3) is 0 Å². The molecule has 0 fully saturated rings. The summed E-state index contributed by atoms with van der Waals surface area (Å²) in [5.41, 5.74) is 0.958. The predicted octanol–water partition coefficient (Wildman–Crippen LogP) is 3.14. The van der Waals surface area contributed by atoms with E-state index in [0.717, 1.165) is 11.3 Å². The van der Waals surface area contributed by atoms with Gasteiger partial charge in [-0.15, -0.1) is 0 Å². The van der Waals surface area contributed by atoms with Crippen LogP contribution in [0.1, 0.15) is 12.0 Å². The summed E-state index contributed by atoms with van der Waals surface area (Å²) >= 11 is 0. The van der Waals surface area contributed by atoms with Gasteiger partial charge in [0.1, 0.15) is 11.5 Å². The van der Waals surface area contributed by atoms with E-state index in [1.165, 1.54) is 24.3 Å². The summed E-state index contributed by atoms with van der Waals surface area (Å²) in [4.78, 5) is 21.8. The predicted molar refractivity (Wildman–Crippen MR) is 80.0 cm³/mol. The number of aryl methyl sites for hydroxylation is 1. The van der Waals surface area contributed by atoms with Gasteiger partial charge in [-0.25, -0.2) is 0 Å². The Bertz CT molecular complexity index is 649. The average Bonchev–Trinajstić information content (AvgIpc) is 2.54. The van der Waals surface area contributed by atoms with Crippen molar-refractivity contribution in [1.82, 2.24) is 0 Å². The maximum atomic E-state index is 11.7. The highest BCUT2D eigenvalue weighted by atomic mass is 16.6. The van der Waals surface area contributed by atoms with E-state index in [-0.39, 0.29) is 18.1 Å². The molecule has 0 saturated carbocycles. The number of carbonyl (C=O) groups is 1. The minimum atomic E-state index is -0.505. The van der Waals surface area contributed by atoms with Gasteiger partial charge in [-0.3, -0.25) is 14.9 Å². The van der Waals surface area contributed by atoms with Crippen LogP contribution in [0.5, 0.6) is 11.5 Å². The molecule has 0 heterocycles. The molecule has 0 unspecified atom stereocenters. The molecule has 22 heavy (non-hydrogen) atoms. The number of ether oxygens (including phenoxy) is 2. The molecule has 0 radical (unpaired) electrons. The van der Waals surface area contributed by atoms with Crippen molar-refractivity contribution in [1.29, 1.82) is 0 Å². The summed E-state index contributed by atoms with van der Waals surface area (Å²) < 4.78 is 10.2. The largest absolute Gasteiger partial charge is 0.497 e. The van der Waals surface area contributed by atoms with Crippen LogP contribution in [0.15, 0.2) is 48.5 Å². The molecule has 0 aliphatic heterocycles. The summed E-state index contributed by atoms with van der Waals surface area (Å²) in [7, 11) is 1.59. The second-order valence-electron chi connectivity index (χ2n) is 4.57. The molecule has 2 rings (SSSR count). The van der Waals surface area contributed by atoms with Crippen molar-refractivity contribution in [2.45, 2.75) is 12.8 Å². The molecule has 2 aromatic carbocycles. The molecule has 0 spiro atoms.